The average molecular weight is 597 g/mol. The molecule has 0 spiro atoms. The molecule has 0 aliphatic carbocycles. The number of imidazole rings is 1. The van der Waals surface area contributed by atoms with Crippen molar-refractivity contribution in [3.63, 3.8) is 0 Å². The minimum atomic E-state index is -0.220. The van der Waals surface area contributed by atoms with Crippen molar-refractivity contribution in [2.75, 3.05) is 0 Å². The summed E-state index contributed by atoms with van der Waals surface area (Å²) in [6, 6.07) is 48.6. The van der Waals surface area contributed by atoms with Crippen molar-refractivity contribution in [1.82, 2.24) is 18.7 Å². The van der Waals surface area contributed by atoms with Crippen LogP contribution in [-0.2, 0) is 5.54 Å². The molecule has 0 saturated carbocycles. The second kappa shape index (κ2) is 8.90. The molecular formula is C40H28N4S. The van der Waals surface area contributed by atoms with Crippen LogP contribution < -0.4 is 0 Å². The molecule has 9 aromatic rings. The largest absolute Gasteiger partial charge is 0.309 e. The highest BCUT2D eigenvalue weighted by Gasteiger charge is 2.35. The first-order valence-corrected chi connectivity index (χ1v) is 16.2. The van der Waals surface area contributed by atoms with Crippen LogP contribution in [0.5, 0.6) is 0 Å². The Morgan fingerprint density at radius 2 is 1.02 bits per heavy atom. The first kappa shape index (κ1) is 25.1. The highest BCUT2D eigenvalue weighted by molar-refractivity contribution is 7.99. The Hall–Kier alpha value is -5.26. The minimum absolute atomic E-state index is 0.220. The highest BCUT2D eigenvalue weighted by atomic mass is 32.2. The van der Waals surface area contributed by atoms with Gasteiger partial charge in [-0.25, -0.2) is 4.98 Å². The lowest BCUT2D eigenvalue weighted by Crippen LogP contribution is -2.31. The molecule has 6 aromatic carbocycles. The molecule has 0 saturated heterocycles. The first-order valence-electron chi connectivity index (χ1n) is 15.4. The van der Waals surface area contributed by atoms with Crippen molar-refractivity contribution in [2.24, 2.45) is 0 Å². The van der Waals surface area contributed by atoms with Crippen molar-refractivity contribution < 1.29 is 0 Å². The monoisotopic (exact) mass is 596 g/mol. The van der Waals surface area contributed by atoms with E-state index in [2.05, 4.69) is 161 Å². The van der Waals surface area contributed by atoms with Gasteiger partial charge in [-0.1, -0.05) is 84.6 Å². The van der Waals surface area contributed by atoms with Gasteiger partial charge in [-0.15, -0.1) is 0 Å². The summed E-state index contributed by atoms with van der Waals surface area (Å²) in [4.78, 5) is 6.29. The molecule has 0 amide bonds. The van der Waals surface area contributed by atoms with Crippen LogP contribution in [0.3, 0.4) is 0 Å². The van der Waals surface area contributed by atoms with E-state index in [9.17, 15) is 0 Å². The highest BCUT2D eigenvalue weighted by Crippen LogP contribution is 2.47. The van der Waals surface area contributed by atoms with Crippen molar-refractivity contribution in [1.29, 1.82) is 0 Å². The zero-order valence-electron chi connectivity index (χ0n) is 24.9. The van der Waals surface area contributed by atoms with Crippen LogP contribution >= 0.6 is 11.8 Å². The van der Waals surface area contributed by atoms with Gasteiger partial charge in [0.05, 0.1) is 38.6 Å². The van der Waals surface area contributed by atoms with Crippen LogP contribution in [0, 0.1) is 0 Å². The fraction of sp³-hybridized carbons (Fsp3) is 0.0750. The molecule has 4 heterocycles. The van der Waals surface area contributed by atoms with Gasteiger partial charge >= 0.3 is 0 Å². The van der Waals surface area contributed by atoms with Crippen LogP contribution in [0.2, 0.25) is 0 Å². The fourth-order valence-electron chi connectivity index (χ4n) is 7.65. The minimum Gasteiger partial charge on any atom is -0.309 e. The predicted octanol–water partition coefficient (Wildman–Crippen LogP) is 10.5. The van der Waals surface area contributed by atoms with E-state index in [4.69, 9.17) is 4.98 Å². The number of aromatic nitrogens is 4. The van der Waals surface area contributed by atoms with Gasteiger partial charge in [-0.05, 0) is 80.1 Å². The van der Waals surface area contributed by atoms with Crippen molar-refractivity contribution in [3.05, 3.63) is 139 Å². The summed E-state index contributed by atoms with van der Waals surface area (Å²) in [5.74, 6) is 0. The molecule has 3 aromatic heterocycles. The third-order valence-corrected chi connectivity index (χ3v) is 10.7. The van der Waals surface area contributed by atoms with Gasteiger partial charge in [0.15, 0.2) is 5.16 Å². The average Bonchev–Trinajstić information content (AvgIpc) is 3.72. The van der Waals surface area contributed by atoms with Gasteiger partial charge in [0.1, 0.15) is 0 Å². The van der Waals surface area contributed by atoms with Gasteiger partial charge in [0.2, 0.25) is 0 Å². The summed E-state index contributed by atoms with van der Waals surface area (Å²) in [6.07, 6.45) is 0. The van der Waals surface area contributed by atoms with Crippen LogP contribution in [-0.4, -0.2) is 18.7 Å². The Kier molecular flexibility index (Phi) is 4.97. The summed E-state index contributed by atoms with van der Waals surface area (Å²) in [5.41, 5.74) is 10.5. The lowest BCUT2D eigenvalue weighted by atomic mass is 9.93. The Morgan fingerprint density at radius 1 is 0.511 bits per heavy atom. The van der Waals surface area contributed by atoms with Gasteiger partial charge < -0.3 is 13.7 Å². The smallest absolute Gasteiger partial charge is 0.174 e. The molecule has 214 valence electrons. The van der Waals surface area contributed by atoms with Crippen LogP contribution in [0.25, 0.3) is 66.0 Å². The molecule has 0 atom stereocenters. The molecule has 0 radical (unpaired) electrons. The van der Waals surface area contributed by atoms with E-state index in [1.807, 2.05) is 0 Å². The summed E-state index contributed by atoms with van der Waals surface area (Å²) >= 11 is 1.77. The van der Waals surface area contributed by atoms with E-state index in [1.165, 1.54) is 65.3 Å². The molecular weight excluding hydrogens is 569 g/mol. The fourth-order valence-corrected chi connectivity index (χ4v) is 9.02. The number of hydrogen-bond donors (Lipinski definition) is 0. The zero-order valence-corrected chi connectivity index (χ0v) is 25.7. The molecule has 5 heteroatoms. The maximum atomic E-state index is 5.03. The third kappa shape index (κ3) is 3.36. The molecule has 0 unspecified atom stereocenters. The summed E-state index contributed by atoms with van der Waals surface area (Å²) in [6.45, 7) is 4.61. The molecule has 1 aliphatic heterocycles. The Balaban J connectivity index is 1.18. The van der Waals surface area contributed by atoms with Gasteiger partial charge in [-0.2, -0.15) is 0 Å². The van der Waals surface area contributed by atoms with Crippen molar-refractivity contribution >= 4 is 66.4 Å². The van der Waals surface area contributed by atoms with Crippen molar-refractivity contribution in [2.45, 2.75) is 29.4 Å². The number of benzene rings is 6. The quantitative estimate of drug-likeness (QED) is 0.199. The first-order chi connectivity index (χ1) is 22.1. The SMILES string of the molecule is CC1(C)c2ccc(-n3c4ccccc4c4cc(-n5c6ccccc6c6ccccc65)ccc43)cc2Sc2nc3ccccc3n21. The van der Waals surface area contributed by atoms with Crippen LogP contribution in [0.4, 0.5) is 0 Å². The van der Waals surface area contributed by atoms with Gasteiger partial charge in [-0.3, -0.25) is 0 Å². The lowest BCUT2D eigenvalue weighted by Gasteiger charge is -2.35. The standard InChI is InChI=1S/C40H28N4S/c1-40(2)31-21-19-26(24-38(31)45-39-41-32-14-6-10-18-37(32)44(39)40)43-35-17-9-5-13-29(35)30-23-25(20-22-36(30)43)42-33-15-7-3-11-27(33)28-12-4-8-16-34(28)42/h3-24H,1-2H3. The molecule has 0 bridgehead atoms. The maximum absolute atomic E-state index is 5.03. The number of fused-ring (bicyclic) bond motifs is 10. The normalized spacial score (nSPS) is 14.1. The topological polar surface area (TPSA) is 27.7 Å². The van der Waals surface area contributed by atoms with E-state index >= 15 is 0 Å². The lowest BCUT2D eigenvalue weighted by molar-refractivity contribution is 0.402. The summed E-state index contributed by atoms with van der Waals surface area (Å²) in [7, 11) is 0. The Labute approximate surface area is 264 Å². The zero-order chi connectivity index (χ0) is 29.9. The van der Waals surface area contributed by atoms with Crippen LogP contribution in [0.15, 0.2) is 144 Å². The molecule has 10 rings (SSSR count). The van der Waals surface area contributed by atoms with E-state index in [1.54, 1.807) is 11.8 Å². The van der Waals surface area contributed by atoms with Gasteiger partial charge in [0.25, 0.3) is 0 Å². The predicted molar refractivity (Wildman–Crippen MR) is 187 cm³/mol. The number of nitrogens with zero attached hydrogens (tertiary/aromatic N) is 4. The van der Waals surface area contributed by atoms with E-state index < -0.39 is 0 Å². The Bertz CT molecular complexity index is 2610. The van der Waals surface area contributed by atoms with Gasteiger partial charge in [0, 0.05) is 37.8 Å². The van der Waals surface area contributed by atoms with Crippen LogP contribution in [0.1, 0.15) is 19.4 Å². The second-order valence-electron chi connectivity index (χ2n) is 12.5. The van der Waals surface area contributed by atoms with E-state index in [-0.39, 0.29) is 5.54 Å². The number of hydrogen-bond acceptors (Lipinski definition) is 2. The van der Waals surface area contributed by atoms with E-state index in [0.29, 0.717) is 0 Å². The molecule has 4 nitrogen and oxygen atoms in total. The van der Waals surface area contributed by atoms with Crippen molar-refractivity contribution in [3.8, 4) is 11.4 Å². The summed E-state index contributed by atoms with van der Waals surface area (Å²) in [5, 5.41) is 6.10. The molecule has 0 N–H and O–H groups in total. The Morgan fingerprint density at radius 3 is 1.69 bits per heavy atom. The molecule has 0 fully saturated rings. The third-order valence-electron chi connectivity index (χ3n) is 9.67. The molecule has 45 heavy (non-hydrogen) atoms. The summed E-state index contributed by atoms with van der Waals surface area (Å²) < 4.78 is 7.22. The maximum Gasteiger partial charge on any atom is 0.174 e. The van der Waals surface area contributed by atoms with E-state index in [0.717, 1.165) is 16.4 Å². The number of rotatable bonds is 2. The number of para-hydroxylation sites is 5. The molecule has 1 aliphatic rings. The second-order valence-corrected chi connectivity index (χ2v) is 13.5.